The molecule has 4 rings (SSSR count). The maximum Gasteiger partial charge on any atom is 0.270 e. The average molecular weight is 426 g/mol. The van der Waals surface area contributed by atoms with E-state index in [2.05, 4.69) is 10.4 Å². The molecule has 4 aromatic rings. The van der Waals surface area contributed by atoms with Crippen LogP contribution >= 0.6 is 23.2 Å². The van der Waals surface area contributed by atoms with Crippen molar-refractivity contribution in [3.63, 3.8) is 0 Å². The van der Waals surface area contributed by atoms with Crippen LogP contribution in [0.2, 0.25) is 10.0 Å². The summed E-state index contributed by atoms with van der Waals surface area (Å²) in [5.74, 6) is 0.333. The molecule has 5 nitrogen and oxygen atoms in total. The van der Waals surface area contributed by atoms with Crippen LogP contribution < -0.4 is 5.32 Å². The van der Waals surface area contributed by atoms with Crippen molar-refractivity contribution in [2.24, 2.45) is 0 Å². The first-order valence-corrected chi connectivity index (χ1v) is 9.79. The second-order valence-corrected chi connectivity index (χ2v) is 7.21. The van der Waals surface area contributed by atoms with E-state index in [9.17, 15) is 4.79 Å². The van der Waals surface area contributed by atoms with Gasteiger partial charge in [0.15, 0.2) is 5.76 Å². The maximum atomic E-state index is 12.9. The Morgan fingerprint density at radius 1 is 1.00 bits per heavy atom. The van der Waals surface area contributed by atoms with Crippen molar-refractivity contribution in [2.75, 3.05) is 6.54 Å². The van der Waals surface area contributed by atoms with Crippen LogP contribution in [0.15, 0.2) is 77.4 Å². The van der Waals surface area contributed by atoms with Gasteiger partial charge in [-0.05, 0) is 42.3 Å². The molecule has 0 aliphatic heterocycles. The average Bonchev–Trinajstić information content (AvgIpc) is 3.40. The lowest BCUT2D eigenvalue weighted by Gasteiger charge is -2.09. The summed E-state index contributed by atoms with van der Waals surface area (Å²) in [5, 5.41) is 8.31. The Balaban J connectivity index is 1.61. The molecule has 2 aromatic carbocycles. The number of hydrogen-bond acceptors (Lipinski definition) is 3. The fourth-order valence-electron chi connectivity index (χ4n) is 2.96. The standard InChI is InChI=1S/C22H17Cl2N3O2/c23-17-9-8-16(13-18(17)24)27-20(14-19(26-27)21-7-4-12-29-21)22(28)25-11-10-15-5-2-1-3-6-15/h1-9,12-14H,10-11H2,(H,25,28). The second kappa shape index (κ2) is 8.55. The Kier molecular flexibility index (Phi) is 5.69. The predicted octanol–water partition coefficient (Wildman–Crippen LogP) is 5.41. The Morgan fingerprint density at radius 3 is 2.55 bits per heavy atom. The van der Waals surface area contributed by atoms with E-state index in [1.54, 1.807) is 42.7 Å². The minimum atomic E-state index is -0.239. The molecule has 0 spiro atoms. The van der Waals surface area contributed by atoms with E-state index in [1.807, 2.05) is 30.3 Å². The number of carbonyl (C=O) groups is 1. The third kappa shape index (κ3) is 4.36. The van der Waals surface area contributed by atoms with Gasteiger partial charge in [0.1, 0.15) is 11.4 Å². The molecule has 0 saturated carbocycles. The summed E-state index contributed by atoms with van der Waals surface area (Å²) >= 11 is 12.2. The quantitative estimate of drug-likeness (QED) is 0.449. The molecule has 1 N–H and O–H groups in total. The van der Waals surface area contributed by atoms with E-state index < -0.39 is 0 Å². The van der Waals surface area contributed by atoms with Gasteiger partial charge in [0.2, 0.25) is 0 Å². The lowest BCUT2D eigenvalue weighted by molar-refractivity contribution is 0.0946. The maximum absolute atomic E-state index is 12.9. The van der Waals surface area contributed by atoms with Gasteiger partial charge in [0.25, 0.3) is 5.91 Å². The molecule has 0 aliphatic rings. The first kappa shape index (κ1) is 19.3. The minimum Gasteiger partial charge on any atom is -0.463 e. The number of nitrogens with one attached hydrogen (secondary N) is 1. The van der Waals surface area contributed by atoms with Gasteiger partial charge < -0.3 is 9.73 Å². The van der Waals surface area contributed by atoms with Crippen LogP contribution in [0.25, 0.3) is 17.1 Å². The van der Waals surface area contributed by atoms with Crippen molar-refractivity contribution >= 4 is 29.1 Å². The number of furan rings is 1. The van der Waals surface area contributed by atoms with Crippen LogP contribution in [-0.2, 0) is 6.42 Å². The van der Waals surface area contributed by atoms with E-state index in [0.29, 0.717) is 39.4 Å². The van der Waals surface area contributed by atoms with Crippen molar-refractivity contribution in [2.45, 2.75) is 6.42 Å². The highest BCUT2D eigenvalue weighted by Crippen LogP contribution is 2.27. The van der Waals surface area contributed by atoms with Gasteiger partial charge in [-0.25, -0.2) is 4.68 Å². The first-order chi connectivity index (χ1) is 14.1. The van der Waals surface area contributed by atoms with Crippen molar-refractivity contribution in [1.29, 1.82) is 0 Å². The summed E-state index contributed by atoms with van der Waals surface area (Å²) in [6.45, 7) is 0.505. The molecule has 0 aliphatic carbocycles. The second-order valence-electron chi connectivity index (χ2n) is 6.39. The number of nitrogens with zero attached hydrogens (tertiary/aromatic N) is 2. The van der Waals surface area contributed by atoms with Crippen molar-refractivity contribution < 1.29 is 9.21 Å². The Bertz CT molecular complexity index is 1120. The Morgan fingerprint density at radius 2 is 1.83 bits per heavy atom. The first-order valence-electron chi connectivity index (χ1n) is 9.03. The molecule has 2 heterocycles. The Labute approximate surface area is 177 Å². The van der Waals surface area contributed by atoms with Gasteiger partial charge in [-0.15, -0.1) is 0 Å². The number of rotatable bonds is 6. The minimum absolute atomic E-state index is 0.239. The SMILES string of the molecule is O=C(NCCc1ccccc1)c1cc(-c2ccco2)nn1-c1ccc(Cl)c(Cl)c1. The molecule has 0 radical (unpaired) electrons. The summed E-state index contributed by atoms with van der Waals surface area (Å²) in [6.07, 6.45) is 2.30. The molecule has 7 heteroatoms. The number of aromatic nitrogens is 2. The Hall–Kier alpha value is -3.02. The molecule has 1 amide bonds. The smallest absolute Gasteiger partial charge is 0.270 e. The van der Waals surface area contributed by atoms with Crippen LogP contribution in [0.1, 0.15) is 16.1 Å². The molecular weight excluding hydrogens is 409 g/mol. The van der Waals surface area contributed by atoms with Crippen LogP contribution in [0.4, 0.5) is 0 Å². The van der Waals surface area contributed by atoms with Gasteiger partial charge in [0, 0.05) is 12.6 Å². The highest BCUT2D eigenvalue weighted by Gasteiger charge is 2.19. The molecule has 29 heavy (non-hydrogen) atoms. The highest BCUT2D eigenvalue weighted by atomic mass is 35.5. The van der Waals surface area contributed by atoms with E-state index in [0.717, 1.165) is 12.0 Å². The molecular formula is C22H17Cl2N3O2. The third-order valence-electron chi connectivity index (χ3n) is 4.41. The van der Waals surface area contributed by atoms with Crippen LogP contribution in [0, 0.1) is 0 Å². The van der Waals surface area contributed by atoms with Crippen LogP contribution in [0.5, 0.6) is 0 Å². The molecule has 0 unspecified atom stereocenters. The normalized spacial score (nSPS) is 10.8. The lowest BCUT2D eigenvalue weighted by atomic mass is 10.1. The van der Waals surface area contributed by atoms with Crippen molar-refractivity contribution in [1.82, 2.24) is 15.1 Å². The summed E-state index contributed by atoms with van der Waals surface area (Å²) < 4.78 is 6.97. The fraction of sp³-hybridized carbons (Fsp3) is 0.0909. The number of carbonyl (C=O) groups excluding carboxylic acids is 1. The summed E-state index contributed by atoms with van der Waals surface area (Å²) in [4.78, 5) is 12.9. The largest absolute Gasteiger partial charge is 0.463 e. The number of benzene rings is 2. The van der Waals surface area contributed by atoms with Crippen LogP contribution in [0.3, 0.4) is 0 Å². The van der Waals surface area contributed by atoms with E-state index in [-0.39, 0.29) is 5.91 Å². The van der Waals surface area contributed by atoms with Gasteiger partial charge in [-0.1, -0.05) is 53.5 Å². The monoisotopic (exact) mass is 425 g/mol. The number of halogens is 2. The molecule has 0 saturated heterocycles. The van der Waals surface area contributed by atoms with Gasteiger partial charge >= 0.3 is 0 Å². The molecule has 0 bridgehead atoms. The predicted molar refractivity (Wildman–Crippen MR) is 114 cm³/mol. The highest BCUT2D eigenvalue weighted by molar-refractivity contribution is 6.42. The number of amides is 1. The molecule has 146 valence electrons. The van der Waals surface area contributed by atoms with E-state index in [1.165, 1.54) is 4.68 Å². The van der Waals surface area contributed by atoms with Gasteiger partial charge in [-0.3, -0.25) is 4.79 Å². The zero-order valence-electron chi connectivity index (χ0n) is 15.3. The molecule has 2 aromatic heterocycles. The van der Waals surface area contributed by atoms with Gasteiger partial charge in [-0.2, -0.15) is 5.10 Å². The lowest BCUT2D eigenvalue weighted by Crippen LogP contribution is -2.27. The third-order valence-corrected chi connectivity index (χ3v) is 5.14. The molecule has 0 atom stereocenters. The summed E-state index contributed by atoms with van der Waals surface area (Å²) in [5.41, 5.74) is 2.71. The van der Waals surface area contributed by atoms with Crippen LogP contribution in [-0.4, -0.2) is 22.2 Å². The van der Waals surface area contributed by atoms with Crippen molar-refractivity contribution in [3.8, 4) is 17.1 Å². The topological polar surface area (TPSA) is 60.1 Å². The zero-order valence-corrected chi connectivity index (χ0v) is 16.8. The van der Waals surface area contributed by atoms with E-state index >= 15 is 0 Å². The number of hydrogen-bond donors (Lipinski definition) is 1. The fourth-order valence-corrected chi connectivity index (χ4v) is 3.25. The summed E-state index contributed by atoms with van der Waals surface area (Å²) in [6, 6.07) is 20.3. The van der Waals surface area contributed by atoms with Crippen molar-refractivity contribution in [3.05, 3.63) is 94.3 Å². The summed E-state index contributed by atoms with van der Waals surface area (Å²) in [7, 11) is 0. The van der Waals surface area contributed by atoms with E-state index in [4.69, 9.17) is 27.6 Å². The van der Waals surface area contributed by atoms with Gasteiger partial charge in [0.05, 0.1) is 22.0 Å². The zero-order chi connectivity index (χ0) is 20.2. The molecule has 0 fully saturated rings.